The van der Waals surface area contributed by atoms with E-state index in [0.29, 0.717) is 16.3 Å². The number of ether oxygens (including phenoxy) is 1. The number of amides is 1. The van der Waals surface area contributed by atoms with E-state index < -0.39 is 11.9 Å². The quantitative estimate of drug-likeness (QED) is 0.581. The average molecular weight is 386 g/mol. The topological polar surface area (TPSA) is 63.7 Å². The minimum absolute atomic E-state index is 0.0586. The molecule has 1 fully saturated rings. The largest absolute Gasteiger partial charge is 0.457 e. The summed E-state index contributed by atoms with van der Waals surface area (Å²) in [4.78, 5) is 38.2. The van der Waals surface area contributed by atoms with Crippen molar-refractivity contribution in [3.63, 3.8) is 0 Å². The van der Waals surface area contributed by atoms with Gasteiger partial charge in [-0.25, -0.2) is 0 Å². The summed E-state index contributed by atoms with van der Waals surface area (Å²) in [6.45, 7) is 3.69. The van der Waals surface area contributed by atoms with E-state index in [-0.39, 0.29) is 31.3 Å². The fourth-order valence-electron chi connectivity index (χ4n) is 2.94. The maximum absolute atomic E-state index is 12.3. The lowest BCUT2D eigenvalue weighted by molar-refractivity contribution is -0.147. The molecule has 3 rings (SSSR count). The number of carbonyl (C=O) groups excluding carboxylic acids is 3. The number of nitrogens with zero attached hydrogens (tertiary/aromatic N) is 1. The highest BCUT2D eigenvalue weighted by atomic mass is 35.5. The molecule has 1 amide bonds. The second kappa shape index (κ2) is 7.92. The van der Waals surface area contributed by atoms with Crippen LogP contribution < -0.4 is 4.90 Å². The molecule has 0 radical (unpaired) electrons. The van der Waals surface area contributed by atoms with Gasteiger partial charge >= 0.3 is 5.97 Å². The fourth-order valence-corrected chi connectivity index (χ4v) is 3.12. The lowest BCUT2D eigenvalue weighted by atomic mass is 10.1. The number of esters is 1. The van der Waals surface area contributed by atoms with Crippen molar-refractivity contribution in [2.24, 2.45) is 5.92 Å². The molecular formula is C21H20ClNO4. The molecule has 1 heterocycles. The Morgan fingerprint density at radius 3 is 2.52 bits per heavy atom. The van der Waals surface area contributed by atoms with Gasteiger partial charge in [0.15, 0.2) is 12.4 Å². The number of carbonyl (C=O) groups is 3. The summed E-state index contributed by atoms with van der Waals surface area (Å²) in [5, 5.41) is 0.565. The van der Waals surface area contributed by atoms with Gasteiger partial charge in [-0.2, -0.15) is 0 Å². The normalized spacial score (nSPS) is 16.5. The molecule has 140 valence electrons. The van der Waals surface area contributed by atoms with Gasteiger partial charge in [-0.05, 0) is 31.5 Å². The molecule has 1 unspecified atom stereocenters. The molecule has 6 heteroatoms. The Morgan fingerprint density at radius 1 is 1.15 bits per heavy atom. The number of halogens is 1. The second-order valence-electron chi connectivity index (χ2n) is 6.74. The number of hydrogen-bond acceptors (Lipinski definition) is 4. The Labute approximate surface area is 162 Å². The van der Waals surface area contributed by atoms with Crippen LogP contribution in [-0.4, -0.2) is 30.8 Å². The van der Waals surface area contributed by atoms with Crippen molar-refractivity contribution in [3.8, 4) is 0 Å². The van der Waals surface area contributed by atoms with Gasteiger partial charge < -0.3 is 9.64 Å². The zero-order valence-corrected chi connectivity index (χ0v) is 16.0. The van der Waals surface area contributed by atoms with Crippen LogP contribution in [0, 0.1) is 19.8 Å². The molecule has 1 saturated heterocycles. The number of benzene rings is 2. The molecule has 0 spiro atoms. The van der Waals surface area contributed by atoms with Crippen molar-refractivity contribution >= 4 is 34.9 Å². The molecule has 0 saturated carbocycles. The predicted octanol–water partition coefficient (Wildman–Crippen LogP) is 3.74. The van der Waals surface area contributed by atoms with E-state index in [1.807, 2.05) is 32.0 Å². The van der Waals surface area contributed by atoms with E-state index in [9.17, 15) is 14.4 Å². The zero-order valence-electron chi connectivity index (χ0n) is 15.2. The van der Waals surface area contributed by atoms with Crippen LogP contribution in [0.4, 0.5) is 5.69 Å². The van der Waals surface area contributed by atoms with Crippen LogP contribution in [0.2, 0.25) is 5.02 Å². The first-order valence-corrected chi connectivity index (χ1v) is 9.06. The van der Waals surface area contributed by atoms with E-state index in [4.69, 9.17) is 16.3 Å². The van der Waals surface area contributed by atoms with Crippen molar-refractivity contribution < 1.29 is 19.1 Å². The number of anilines is 1. The molecule has 2 aromatic carbocycles. The van der Waals surface area contributed by atoms with Crippen molar-refractivity contribution in [1.82, 2.24) is 0 Å². The number of ketones is 1. The summed E-state index contributed by atoms with van der Waals surface area (Å²) < 4.78 is 5.15. The van der Waals surface area contributed by atoms with Crippen molar-refractivity contribution in [3.05, 3.63) is 64.2 Å². The lowest BCUT2D eigenvalue weighted by Crippen LogP contribution is -2.27. The van der Waals surface area contributed by atoms with Crippen LogP contribution >= 0.6 is 11.6 Å². The zero-order chi connectivity index (χ0) is 19.6. The smallest absolute Gasteiger partial charge is 0.311 e. The maximum atomic E-state index is 12.3. The van der Waals surface area contributed by atoms with Crippen LogP contribution in [0.5, 0.6) is 0 Å². The standard InChI is InChI=1S/C21H20ClNO4/c1-13-3-6-15(7-4-13)19(24)12-27-21(26)16-9-20(25)23(11-16)17-8-5-14(2)18(22)10-17/h3-8,10,16H,9,11-12H2,1-2H3. The Balaban J connectivity index is 1.59. The van der Waals surface area contributed by atoms with Gasteiger partial charge in [0.05, 0.1) is 5.92 Å². The number of Topliss-reactive ketones (excluding diaryl/α,β-unsaturated/α-hetero) is 1. The highest BCUT2D eigenvalue weighted by molar-refractivity contribution is 6.31. The van der Waals surface area contributed by atoms with Crippen molar-refractivity contribution in [2.75, 3.05) is 18.1 Å². The molecule has 5 nitrogen and oxygen atoms in total. The molecule has 0 N–H and O–H groups in total. The maximum Gasteiger partial charge on any atom is 0.311 e. The van der Waals surface area contributed by atoms with E-state index >= 15 is 0 Å². The Kier molecular flexibility index (Phi) is 5.61. The number of hydrogen-bond donors (Lipinski definition) is 0. The molecule has 1 aliphatic rings. The highest BCUT2D eigenvalue weighted by Gasteiger charge is 2.36. The Bertz CT molecular complexity index is 892. The van der Waals surface area contributed by atoms with Crippen molar-refractivity contribution in [1.29, 1.82) is 0 Å². The number of aryl methyl sites for hydroxylation is 2. The van der Waals surface area contributed by atoms with Gasteiger partial charge in [-0.1, -0.05) is 47.5 Å². The van der Waals surface area contributed by atoms with Gasteiger partial charge in [-0.15, -0.1) is 0 Å². The summed E-state index contributed by atoms with van der Waals surface area (Å²) >= 11 is 6.12. The Morgan fingerprint density at radius 2 is 1.85 bits per heavy atom. The lowest BCUT2D eigenvalue weighted by Gasteiger charge is -2.17. The molecular weight excluding hydrogens is 366 g/mol. The summed E-state index contributed by atoms with van der Waals surface area (Å²) in [6.07, 6.45) is 0.0586. The number of rotatable bonds is 5. The van der Waals surface area contributed by atoms with Crippen LogP contribution in [0.3, 0.4) is 0 Å². The molecule has 0 aliphatic carbocycles. The third-order valence-corrected chi connectivity index (χ3v) is 5.05. The molecule has 1 aliphatic heterocycles. The summed E-state index contributed by atoms with van der Waals surface area (Å²) in [7, 11) is 0. The van der Waals surface area contributed by atoms with Crippen LogP contribution in [-0.2, 0) is 14.3 Å². The first kappa shape index (κ1) is 19.1. The van der Waals surface area contributed by atoms with Gasteiger partial charge in [0.1, 0.15) is 0 Å². The molecule has 27 heavy (non-hydrogen) atoms. The van der Waals surface area contributed by atoms with Crippen LogP contribution in [0.15, 0.2) is 42.5 Å². The van der Waals surface area contributed by atoms with Crippen LogP contribution in [0.1, 0.15) is 27.9 Å². The minimum atomic E-state index is -0.594. The minimum Gasteiger partial charge on any atom is -0.457 e. The van der Waals surface area contributed by atoms with E-state index in [0.717, 1.165) is 11.1 Å². The third kappa shape index (κ3) is 4.37. The van der Waals surface area contributed by atoms with Gasteiger partial charge in [-0.3, -0.25) is 14.4 Å². The average Bonchev–Trinajstić information content (AvgIpc) is 3.04. The first-order chi connectivity index (χ1) is 12.8. The summed E-state index contributed by atoms with van der Waals surface area (Å²) in [6, 6.07) is 12.4. The summed E-state index contributed by atoms with van der Waals surface area (Å²) in [5.41, 5.74) is 3.11. The van der Waals surface area contributed by atoms with Crippen molar-refractivity contribution in [2.45, 2.75) is 20.3 Å². The van der Waals surface area contributed by atoms with E-state index in [1.54, 1.807) is 24.3 Å². The second-order valence-corrected chi connectivity index (χ2v) is 7.14. The molecule has 2 aromatic rings. The van der Waals surface area contributed by atoms with Crippen LogP contribution in [0.25, 0.3) is 0 Å². The third-order valence-electron chi connectivity index (χ3n) is 4.64. The SMILES string of the molecule is Cc1ccc(C(=O)COC(=O)C2CC(=O)N(c3ccc(C)c(Cl)c3)C2)cc1. The van der Waals surface area contributed by atoms with Gasteiger partial charge in [0, 0.05) is 29.2 Å². The Hall–Kier alpha value is -2.66. The van der Waals surface area contributed by atoms with E-state index in [2.05, 4.69) is 0 Å². The predicted molar refractivity (Wildman–Crippen MR) is 103 cm³/mol. The fraction of sp³-hybridized carbons (Fsp3) is 0.286. The monoisotopic (exact) mass is 385 g/mol. The van der Waals surface area contributed by atoms with Gasteiger partial charge in [0.2, 0.25) is 5.91 Å². The molecule has 1 atom stereocenters. The van der Waals surface area contributed by atoms with Gasteiger partial charge in [0.25, 0.3) is 0 Å². The first-order valence-electron chi connectivity index (χ1n) is 8.68. The summed E-state index contributed by atoms with van der Waals surface area (Å²) in [5.74, 6) is -1.57. The van der Waals surface area contributed by atoms with E-state index in [1.165, 1.54) is 4.90 Å². The molecule has 0 bridgehead atoms. The highest BCUT2D eigenvalue weighted by Crippen LogP contribution is 2.29. The molecule has 0 aromatic heterocycles.